The van der Waals surface area contributed by atoms with Crippen LogP contribution >= 0.6 is 11.8 Å². The number of thioether (sulfide) groups is 1. The van der Waals surface area contributed by atoms with Gasteiger partial charge in [0.1, 0.15) is 11.3 Å². The molecule has 1 aromatic carbocycles. The maximum atomic E-state index is 11.8. The molecule has 0 aliphatic heterocycles. The maximum Gasteiger partial charge on any atom is 0.339 e. The number of nitrogens with zero attached hydrogens (tertiary/aromatic N) is 2. The molecule has 2 aromatic rings. The van der Waals surface area contributed by atoms with Gasteiger partial charge < -0.3 is 25.2 Å². The Balaban J connectivity index is 1.90. The highest BCUT2D eigenvalue weighted by Crippen LogP contribution is 2.23. The Labute approximate surface area is 134 Å². The van der Waals surface area contributed by atoms with Gasteiger partial charge in [-0.25, -0.2) is 4.79 Å². The summed E-state index contributed by atoms with van der Waals surface area (Å²) in [6, 6.07) is 3.75. The molecule has 1 aromatic heterocycles. The van der Waals surface area contributed by atoms with Gasteiger partial charge in [-0.1, -0.05) is 16.4 Å². The monoisotopic (exact) mass is 339 g/mol. The highest BCUT2D eigenvalue weighted by Gasteiger charge is 2.15. The Bertz CT molecular complexity index is 726. The van der Waals surface area contributed by atoms with Crippen molar-refractivity contribution < 1.29 is 34.1 Å². The molecule has 10 heteroatoms. The van der Waals surface area contributed by atoms with Gasteiger partial charge in [-0.05, 0) is 18.2 Å². The minimum atomic E-state index is -1.29. The second kappa shape index (κ2) is 7.01. The summed E-state index contributed by atoms with van der Waals surface area (Å²) in [4.78, 5) is 22.7. The molecule has 3 N–H and O–H groups in total. The average molecular weight is 339 g/mol. The van der Waals surface area contributed by atoms with Gasteiger partial charge in [0, 0.05) is 17.9 Å². The molecular weight excluding hydrogens is 326 g/mol. The number of nitrogens with one attached hydrogen (secondary N) is 1. The fraction of sp³-hybridized carbons (Fsp3) is 0.231. The quantitative estimate of drug-likeness (QED) is 0.382. The van der Waals surface area contributed by atoms with Crippen LogP contribution in [0.3, 0.4) is 0 Å². The van der Waals surface area contributed by atoms with Crippen molar-refractivity contribution >= 4 is 29.3 Å². The number of carboxylic acid groups (broad SMARTS) is 1. The van der Waals surface area contributed by atoms with Crippen molar-refractivity contribution in [1.29, 1.82) is 0 Å². The molecule has 0 atom stereocenters. The van der Waals surface area contributed by atoms with Gasteiger partial charge in [0.05, 0.1) is 5.27 Å². The number of hydrogen-bond donors (Lipinski definition) is 3. The summed E-state index contributed by atoms with van der Waals surface area (Å²) in [5.41, 5.74) is -0.0417. The molecule has 0 aliphatic carbocycles. The molecule has 23 heavy (non-hydrogen) atoms. The molecule has 0 unspecified atom stereocenters. The molecule has 0 saturated heterocycles. The normalized spacial score (nSPS) is 10.5. The number of phenols is 1. The Morgan fingerprint density at radius 3 is 2.83 bits per heavy atom. The van der Waals surface area contributed by atoms with Gasteiger partial charge in [-0.2, -0.15) is 0 Å². The highest BCUT2D eigenvalue weighted by molar-refractivity contribution is 7.99. The molecule has 0 fully saturated rings. The van der Waals surface area contributed by atoms with Crippen molar-refractivity contribution in [1.82, 2.24) is 5.27 Å². The predicted octanol–water partition coefficient (Wildman–Crippen LogP) is 0.0974. The Morgan fingerprint density at radius 1 is 1.48 bits per heavy atom. The molecule has 122 valence electrons. The van der Waals surface area contributed by atoms with Crippen LogP contribution in [0.2, 0.25) is 0 Å². The number of aromatic carboxylic acids is 1. The average Bonchev–Trinajstić information content (AvgIpc) is 2.80. The van der Waals surface area contributed by atoms with Crippen molar-refractivity contribution in [2.75, 3.05) is 11.1 Å². The van der Waals surface area contributed by atoms with Crippen LogP contribution in [0.15, 0.2) is 27.7 Å². The lowest BCUT2D eigenvalue weighted by Crippen LogP contribution is -2.32. The lowest BCUT2D eigenvalue weighted by atomic mass is 10.2. The van der Waals surface area contributed by atoms with E-state index >= 15 is 0 Å². The van der Waals surface area contributed by atoms with E-state index in [1.807, 2.05) is 0 Å². The van der Waals surface area contributed by atoms with Gasteiger partial charge in [-0.3, -0.25) is 4.79 Å². The number of hydrogen-bond acceptors (Lipinski definition) is 7. The third-order valence-corrected chi connectivity index (χ3v) is 3.91. The first-order chi connectivity index (χ1) is 10.9. The summed E-state index contributed by atoms with van der Waals surface area (Å²) >= 11 is 1.13. The number of rotatable bonds is 6. The molecular formula is C13H13N3O6S. The third-order valence-electron chi connectivity index (χ3n) is 2.79. The van der Waals surface area contributed by atoms with E-state index in [9.17, 15) is 19.8 Å². The molecule has 9 nitrogen and oxygen atoms in total. The third kappa shape index (κ3) is 4.13. The summed E-state index contributed by atoms with van der Waals surface area (Å²) in [7, 11) is 1.55. The number of carbonyl (C=O) groups is 2. The van der Waals surface area contributed by atoms with Crippen LogP contribution in [0.1, 0.15) is 16.8 Å². The van der Waals surface area contributed by atoms with Crippen LogP contribution in [-0.2, 0) is 11.8 Å². The van der Waals surface area contributed by atoms with Crippen molar-refractivity contribution in [2.45, 2.75) is 11.4 Å². The van der Waals surface area contributed by atoms with Gasteiger partial charge >= 0.3 is 5.97 Å². The van der Waals surface area contributed by atoms with E-state index in [1.54, 1.807) is 7.05 Å². The van der Waals surface area contributed by atoms with E-state index in [0.29, 0.717) is 5.75 Å². The molecule has 0 saturated carbocycles. The lowest BCUT2D eigenvalue weighted by Gasteiger charge is -2.06. The van der Waals surface area contributed by atoms with Gasteiger partial charge in [0.25, 0.3) is 5.03 Å². The zero-order chi connectivity index (χ0) is 17.0. The summed E-state index contributed by atoms with van der Waals surface area (Å²) in [6.07, 6.45) is 0.0958. The van der Waals surface area contributed by atoms with Crippen molar-refractivity contribution in [3.8, 4) is 11.7 Å². The number of aryl methyl sites for hydroxylation is 1. The first-order valence-electron chi connectivity index (χ1n) is 6.40. The van der Waals surface area contributed by atoms with Crippen LogP contribution in [0.4, 0.5) is 5.69 Å². The van der Waals surface area contributed by atoms with Crippen LogP contribution in [0, 0.1) is 0 Å². The Kier molecular flexibility index (Phi) is 5.06. The van der Waals surface area contributed by atoms with Crippen LogP contribution in [0.5, 0.6) is 11.7 Å². The van der Waals surface area contributed by atoms with Crippen molar-refractivity contribution in [3.05, 3.63) is 23.8 Å². The van der Waals surface area contributed by atoms with Crippen LogP contribution in [-0.4, -0.2) is 33.1 Å². The van der Waals surface area contributed by atoms with Gasteiger partial charge in [0.2, 0.25) is 5.91 Å². The molecule has 0 bridgehead atoms. The number of benzene rings is 1. The summed E-state index contributed by atoms with van der Waals surface area (Å²) < 4.78 is 5.73. The van der Waals surface area contributed by atoms with Crippen molar-refractivity contribution in [3.63, 3.8) is 0 Å². The summed E-state index contributed by atoms with van der Waals surface area (Å²) in [5.74, 6) is -2.28. The minimum Gasteiger partial charge on any atom is -0.538 e. The second-order valence-corrected chi connectivity index (χ2v) is 5.56. The predicted molar refractivity (Wildman–Crippen MR) is 76.2 cm³/mol. The van der Waals surface area contributed by atoms with E-state index in [4.69, 9.17) is 5.11 Å². The lowest BCUT2D eigenvalue weighted by molar-refractivity contribution is -0.772. The summed E-state index contributed by atoms with van der Waals surface area (Å²) in [5, 5.41) is 35.8. The van der Waals surface area contributed by atoms with Gasteiger partial charge in [0.15, 0.2) is 13.0 Å². The largest absolute Gasteiger partial charge is 0.538 e. The number of aromatic nitrogens is 2. The topological polar surface area (TPSA) is 140 Å². The zero-order valence-electron chi connectivity index (χ0n) is 12.0. The van der Waals surface area contributed by atoms with Gasteiger partial charge in [-0.15, -0.1) is 0 Å². The van der Waals surface area contributed by atoms with E-state index in [-0.39, 0.29) is 34.4 Å². The van der Waals surface area contributed by atoms with Crippen LogP contribution < -0.4 is 15.1 Å². The van der Waals surface area contributed by atoms with Crippen molar-refractivity contribution in [2.24, 2.45) is 7.05 Å². The second-order valence-electron chi connectivity index (χ2n) is 4.47. The zero-order valence-corrected chi connectivity index (χ0v) is 12.8. The number of amides is 1. The molecule has 0 aliphatic rings. The molecule has 1 amide bonds. The minimum absolute atomic E-state index is 0.0958. The molecule has 0 spiro atoms. The number of carboxylic acids is 1. The van der Waals surface area contributed by atoms with E-state index in [0.717, 1.165) is 11.8 Å². The van der Waals surface area contributed by atoms with Crippen LogP contribution in [0.25, 0.3) is 0 Å². The highest BCUT2D eigenvalue weighted by atomic mass is 32.2. The standard InChI is InChI=1S/C13H13N3O6S/c1-16-11(13(21)22-15-16)23-5-4-10(18)14-7-2-3-9(17)8(6-7)12(19)20/h2-3,6,15H,4-5H2,1H3,(H2,19,20,21). The first kappa shape index (κ1) is 16.6. The number of anilines is 1. The molecule has 1 heterocycles. The maximum absolute atomic E-state index is 11.8. The fourth-order valence-corrected chi connectivity index (χ4v) is 2.56. The molecule has 2 rings (SSSR count). The Hall–Kier alpha value is -2.75. The SMILES string of the molecule is C[n+]1noc([O-])c1SCCC(=O)Nc1ccc(O)c(C(=O)O)c1. The van der Waals surface area contributed by atoms with E-state index < -0.39 is 11.9 Å². The number of carbonyl (C=O) groups excluding carboxylic acids is 1. The number of aromatic hydroxyl groups is 1. The van der Waals surface area contributed by atoms with E-state index in [1.165, 1.54) is 22.9 Å². The smallest absolute Gasteiger partial charge is 0.339 e. The van der Waals surface area contributed by atoms with E-state index in [2.05, 4.69) is 15.1 Å². The molecule has 0 radical (unpaired) electrons. The summed E-state index contributed by atoms with van der Waals surface area (Å²) in [6.45, 7) is 0. The first-order valence-corrected chi connectivity index (χ1v) is 7.39. The fourth-order valence-electron chi connectivity index (χ4n) is 1.71. The Morgan fingerprint density at radius 2 is 2.22 bits per heavy atom.